The second kappa shape index (κ2) is 10.3. The first kappa shape index (κ1) is 20.7. The van der Waals surface area contributed by atoms with Gasteiger partial charge >= 0.3 is 0 Å². The number of nitrogens with one attached hydrogen (secondary N) is 3. The van der Waals surface area contributed by atoms with Gasteiger partial charge in [0.25, 0.3) is 11.8 Å². The van der Waals surface area contributed by atoms with Crippen molar-refractivity contribution in [2.75, 3.05) is 38.8 Å². The summed E-state index contributed by atoms with van der Waals surface area (Å²) in [6.45, 7) is -2.77. The minimum atomic E-state index is -2.77. The number of benzene rings is 1. The largest absolute Gasteiger partial charge is 0.494 e. The van der Waals surface area contributed by atoms with Crippen molar-refractivity contribution in [1.82, 2.24) is 30.4 Å². The fourth-order valence-corrected chi connectivity index (χ4v) is 3.36. The summed E-state index contributed by atoms with van der Waals surface area (Å²) >= 11 is 0. The third-order valence-electron chi connectivity index (χ3n) is 5.33. The Morgan fingerprint density at radius 3 is 2.64 bits per heavy atom. The Morgan fingerprint density at radius 2 is 1.94 bits per heavy atom. The van der Waals surface area contributed by atoms with Crippen LogP contribution in [0.15, 0.2) is 36.5 Å². The minimum absolute atomic E-state index is 0.0609. The second-order valence-electron chi connectivity index (χ2n) is 8.19. The predicted molar refractivity (Wildman–Crippen MR) is 132 cm³/mol. The highest BCUT2D eigenvalue weighted by Gasteiger charge is 2.30. The summed E-state index contributed by atoms with van der Waals surface area (Å²) in [5, 5.41) is 15.3. The lowest BCUT2D eigenvalue weighted by Crippen LogP contribution is -2.23. The number of ether oxygens (including phenoxy) is 1. The second-order valence-corrected chi connectivity index (χ2v) is 8.19. The van der Waals surface area contributed by atoms with Crippen molar-refractivity contribution in [3.8, 4) is 17.1 Å². The number of hydrogen-bond acceptors (Lipinski definition) is 9. The summed E-state index contributed by atoms with van der Waals surface area (Å²) in [5.74, 6) is -1.07. The summed E-state index contributed by atoms with van der Waals surface area (Å²) in [4.78, 5) is 47.4. The Labute approximate surface area is 211 Å². The number of carbonyl (C=O) groups excluding carboxylic acids is 3. The molecule has 3 amide bonds. The first-order chi connectivity index (χ1) is 18.5. The molecule has 12 heteroatoms. The highest BCUT2D eigenvalue weighted by Crippen LogP contribution is 2.37. The molecule has 0 aliphatic heterocycles. The molecule has 186 valence electrons. The van der Waals surface area contributed by atoms with E-state index in [-0.39, 0.29) is 52.2 Å². The average molecular weight is 494 g/mol. The molecule has 0 radical (unpaired) electrons. The average Bonchev–Trinajstić information content (AvgIpc) is 3.73. The van der Waals surface area contributed by atoms with Crippen molar-refractivity contribution in [3.63, 3.8) is 0 Å². The van der Waals surface area contributed by atoms with Crippen molar-refractivity contribution in [2.24, 2.45) is 5.92 Å². The molecule has 1 aliphatic rings. The maximum Gasteiger partial charge on any atom is 0.273 e. The Kier molecular flexibility index (Phi) is 5.95. The number of aromatic nitrogens is 4. The van der Waals surface area contributed by atoms with Gasteiger partial charge in [0, 0.05) is 43.4 Å². The number of carbonyl (C=O) groups is 3. The lowest BCUT2D eigenvalue weighted by molar-refractivity contribution is -0.117. The van der Waals surface area contributed by atoms with Gasteiger partial charge in [-0.2, -0.15) is 0 Å². The van der Waals surface area contributed by atoms with Gasteiger partial charge in [0.05, 0.1) is 24.0 Å². The molecule has 1 fully saturated rings. The zero-order valence-electron chi connectivity index (χ0n) is 22.8. The van der Waals surface area contributed by atoms with Gasteiger partial charge in [-0.15, -0.1) is 10.2 Å². The third-order valence-corrected chi connectivity index (χ3v) is 5.33. The molecule has 1 aromatic carbocycles. The number of para-hydroxylation sites is 1. The highest BCUT2D eigenvalue weighted by atomic mass is 16.5. The maximum atomic E-state index is 12.7. The van der Waals surface area contributed by atoms with Gasteiger partial charge in [-0.05, 0) is 31.0 Å². The van der Waals surface area contributed by atoms with Crippen LogP contribution in [0.4, 0.5) is 17.2 Å². The van der Waals surface area contributed by atoms with E-state index in [1.165, 1.54) is 30.3 Å². The fourth-order valence-electron chi connectivity index (χ4n) is 3.36. The van der Waals surface area contributed by atoms with Crippen LogP contribution in [-0.4, -0.2) is 71.0 Å². The van der Waals surface area contributed by atoms with Crippen LogP contribution in [0.25, 0.3) is 11.4 Å². The van der Waals surface area contributed by atoms with Crippen LogP contribution in [0.1, 0.15) is 37.9 Å². The first-order valence-corrected chi connectivity index (χ1v) is 11.0. The van der Waals surface area contributed by atoms with Gasteiger partial charge < -0.3 is 25.6 Å². The molecule has 1 saturated carbocycles. The molecule has 4 rings (SSSR count). The number of hydrogen-bond donors (Lipinski definition) is 3. The van der Waals surface area contributed by atoms with E-state index in [0.717, 1.165) is 12.8 Å². The van der Waals surface area contributed by atoms with Crippen LogP contribution in [0.3, 0.4) is 0 Å². The summed E-state index contributed by atoms with van der Waals surface area (Å²) in [5.41, 5.74) is 0.707. The zero-order valence-corrected chi connectivity index (χ0v) is 19.8. The van der Waals surface area contributed by atoms with E-state index in [2.05, 4.69) is 30.8 Å². The van der Waals surface area contributed by atoms with E-state index in [4.69, 9.17) is 8.85 Å². The highest BCUT2D eigenvalue weighted by molar-refractivity contribution is 6.00. The number of anilines is 3. The van der Waals surface area contributed by atoms with Crippen molar-refractivity contribution >= 4 is 34.9 Å². The van der Waals surface area contributed by atoms with E-state index in [1.54, 1.807) is 32.3 Å². The molecule has 2 aromatic heterocycles. The van der Waals surface area contributed by atoms with Crippen molar-refractivity contribution in [3.05, 3.63) is 47.9 Å². The van der Waals surface area contributed by atoms with Crippen LogP contribution in [0.5, 0.6) is 5.75 Å². The molecule has 0 atom stereocenters. The van der Waals surface area contributed by atoms with Crippen LogP contribution in [-0.2, 0) is 4.79 Å². The lowest BCUT2D eigenvalue weighted by Gasteiger charge is -2.17. The van der Waals surface area contributed by atoms with Crippen LogP contribution >= 0.6 is 0 Å². The number of rotatable bonds is 8. The Hall–Kier alpha value is -4.61. The van der Waals surface area contributed by atoms with Gasteiger partial charge in [-0.3, -0.25) is 14.4 Å². The van der Waals surface area contributed by atoms with E-state index in [1.807, 2.05) is 5.32 Å². The molecule has 0 spiro atoms. The Morgan fingerprint density at radius 1 is 1.14 bits per heavy atom. The smallest absolute Gasteiger partial charge is 0.273 e. The summed E-state index contributed by atoms with van der Waals surface area (Å²) in [6.07, 6.45) is 3.01. The van der Waals surface area contributed by atoms with Crippen molar-refractivity contribution in [1.29, 1.82) is 0 Å². The molecule has 0 bridgehead atoms. The van der Waals surface area contributed by atoms with Gasteiger partial charge in [0.2, 0.25) is 5.91 Å². The quantitative estimate of drug-likeness (QED) is 0.428. The number of methoxy groups -OCH3 is 1. The number of nitrogens with zero attached hydrogens (tertiary/aromatic N) is 5. The van der Waals surface area contributed by atoms with E-state index >= 15 is 0 Å². The molecule has 3 aromatic rings. The van der Waals surface area contributed by atoms with Gasteiger partial charge in [0.1, 0.15) is 5.69 Å². The van der Waals surface area contributed by atoms with Gasteiger partial charge in [-0.1, -0.05) is 6.07 Å². The lowest BCUT2D eigenvalue weighted by atomic mass is 10.1. The Balaban J connectivity index is 1.74. The monoisotopic (exact) mass is 493 g/mol. The van der Waals surface area contributed by atoms with Gasteiger partial charge in [-0.25, -0.2) is 9.97 Å². The topological polar surface area (TPSA) is 151 Å². The number of amides is 3. The predicted octanol–water partition coefficient (Wildman–Crippen LogP) is 2.10. The first-order valence-electron chi connectivity index (χ1n) is 12.5. The van der Waals surface area contributed by atoms with Crippen molar-refractivity contribution in [2.45, 2.75) is 12.8 Å². The summed E-state index contributed by atoms with van der Waals surface area (Å²) < 4.78 is 27.7. The molecular formula is C24H26N8O4. The molecule has 12 nitrogen and oxygen atoms in total. The van der Waals surface area contributed by atoms with Gasteiger partial charge in [0.15, 0.2) is 23.1 Å². The van der Waals surface area contributed by atoms with E-state index < -0.39 is 12.9 Å². The Bertz CT molecular complexity index is 1430. The van der Waals surface area contributed by atoms with E-state index in [9.17, 15) is 14.4 Å². The normalized spacial score (nSPS) is 14.0. The molecular weight excluding hydrogens is 464 g/mol. The molecule has 0 unspecified atom stereocenters. The minimum Gasteiger partial charge on any atom is -0.494 e. The fraction of sp³-hybridized carbons (Fsp3) is 0.292. The summed E-state index contributed by atoms with van der Waals surface area (Å²) in [7, 11) is 4.64. The molecule has 2 heterocycles. The molecule has 3 N–H and O–H groups in total. The maximum absolute atomic E-state index is 12.7. The van der Waals surface area contributed by atoms with Crippen LogP contribution in [0, 0.1) is 5.92 Å². The van der Waals surface area contributed by atoms with Crippen molar-refractivity contribution < 1.29 is 23.2 Å². The zero-order chi connectivity index (χ0) is 28.3. The molecule has 0 saturated heterocycles. The molecule has 1 aliphatic carbocycles. The standard InChI is InChI=1S/C24H26N8O4/c1-25-23(34)19-17(12-18(30-31-19)29-22(33)13-8-9-13)27-15-7-5-6-14(20(15)36-4)21-26-11-10-16(28-21)24(35)32(2)3/h5-7,10-13H,8-9H2,1-4H3,(H,25,34)(H2,27,29,30,33)/i1D3. The summed E-state index contributed by atoms with van der Waals surface area (Å²) in [6, 6.07) is 7.89. The molecule has 36 heavy (non-hydrogen) atoms. The van der Waals surface area contributed by atoms with Crippen LogP contribution in [0.2, 0.25) is 0 Å². The SMILES string of the molecule is [2H]C([2H])([2H])NC(=O)c1nnc(NC(=O)C2CC2)cc1Nc1cccc(-c2nccc(C(=O)N(C)C)n2)c1OC. The van der Waals surface area contributed by atoms with Crippen LogP contribution < -0.4 is 20.7 Å². The third kappa shape index (κ3) is 5.22. The van der Waals surface area contributed by atoms with E-state index in [0.29, 0.717) is 11.3 Å².